The van der Waals surface area contributed by atoms with E-state index in [1.165, 1.54) is 0 Å². The van der Waals surface area contributed by atoms with Crippen molar-refractivity contribution >= 4 is 23.4 Å². The minimum absolute atomic E-state index is 0.0152. The third-order valence-corrected chi connectivity index (χ3v) is 7.64. The van der Waals surface area contributed by atoms with Crippen molar-refractivity contribution in [1.82, 2.24) is 10.3 Å². The number of nitrogens with one attached hydrogen (secondary N) is 1. The number of fused-ring (bicyclic) bond motifs is 1. The van der Waals surface area contributed by atoms with E-state index in [-0.39, 0.29) is 23.6 Å². The molecular weight excluding hydrogens is 472 g/mol. The molecule has 2 aromatic carbocycles. The Labute approximate surface area is 217 Å². The average Bonchev–Trinajstić information content (AvgIpc) is 3.21. The standard InChI is InChI=1S/C28H34N4O5/c1-5-25(33)32-18(2)14-20-15-23(35-3)24(36-4)16-22(20)26(30-32)19-6-8-21(9-7-19)31-12-10-28(11-13-31)17-37-27(34)29-28/h6-9,15-16,18H,5,10-14,17H2,1-4H3,(H,29,34). The first-order valence-electron chi connectivity index (χ1n) is 12.8. The van der Waals surface area contributed by atoms with Crippen molar-refractivity contribution in [3.8, 4) is 11.5 Å². The fraction of sp³-hybridized carbons (Fsp3) is 0.464. The topological polar surface area (TPSA) is 92.7 Å². The van der Waals surface area contributed by atoms with Gasteiger partial charge in [0.05, 0.1) is 31.5 Å². The van der Waals surface area contributed by atoms with Gasteiger partial charge >= 0.3 is 6.09 Å². The minimum atomic E-state index is -0.318. The van der Waals surface area contributed by atoms with E-state index in [4.69, 9.17) is 19.3 Å². The van der Waals surface area contributed by atoms with Crippen LogP contribution in [0.2, 0.25) is 0 Å². The van der Waals surface area contributed by atoms with Gasteiger partial charge in [0.25, 0.3) is 0 Å². The molecule has 9 nitrogen and oxygen atoms in total. The Morgan fingerprint density at radius 1 is 1.14 bits per heavy atom. The zero-order valence-corrected chi connectivity index (χ0v) is 21.9. The Bertz CT molecular complexity index is 1220. The number of anilines is 1. The Balaban J connectivity index is 1.47. The first kappa shape index (κ1) is 24.9. The lowest BCUT2D eigenvalue weighted by Crippen LogP contribution is -2.52. The SMILES string of the molecule is CCC(=O)N1N=C(c2ccc(N3CCC4(CC3)COC(=O)N4)cc2)c2cc(OC)c(OC)cc2CC1C. The molecule has 2 amide bonds. The van der Waals surface area contributed by atoms with E-state index in [9.17, 15) is 9.59 Å². The molecule has 3 aliphatic heterocycles. The highest BCUT2D eigenvalue weighted by molar-refractivity contribution is 6.14. The van der Waals surface area contributed by atoms with Crippen LogP contribution in [-0.2, 0) is 16.0 Å². The maximum atomic E-state index is 12.8. The summed E-state index contributed by atoms with van der Waals surface area (Å²) < 4.78 is 16.3. The number of methoxy groups -OCH3 is 2. The van der Waals surface area contributed by atoms with Gasteiger partial charge in [-0.2, -0.15) is 5.10 Å². The maximum absolute atomic E-state index is 12.8. The number of benzene rings is 2. The van der Waals surface area contributed by atoms with E-state index >= 15 is 0 Å². The Morgan fingerprint density at radius 2 is 1.81 bits per heavy atom. The van der Waals surface area contributed by atoms with Gasteiger partial charge in [0.2, 0.25) is 5.91 Å². The number of hydrazone groups is 1. The van der Waals surface area contributed by atoms with Gasteiger partial charge < -0.3 is 24.4 Å². The molecule has 3 aliphatic rings. The van der Waals surface area contributed by atoms with E-state index in [0.717, 1.165) is 54.0 Å². The van der Waals surface area contributed by atoms with Crippen molar-refractivity contribution in [3.63, 3.8) is 0 Å². The van der Waals surface area contributed by atoms with Crippen molar-refractivity contribution < 1.29 is 23.8 Å². The molecule has 2 fully saturated rings. The van der Waals surface area contributed by atoms with E-state index in [0.29, 0.717) is 30.9 Å². The second kappa shape index (κ2) is 9.95. The van der Waals surface area contributed by atoms with Gasteiger partial charge in [-0.1, -0.05) is 19.1 Å². The second-order valence-electron chi connectivity index (χ2n) is 9.97. The zero-order valence-electron chi connectivity index (χ0n) is 21.9. The predicted octanol–water partition coefficient (Wildman–Crippen LogP) is 3.72. The lowest BCUT2D eigenvalue weighted by Gasteiger charge is -2.38. The number of cyclic esters (lactones) is 1. The number of amides is 2. The molecule has 1 unspecified atom stereocenters. The normalized spacial score (nSPS) is 20.5. The summed E-state index contributed by atoms with van der Waals surface area (Å²) in [5.41, 5.74) is 4.52. The van der Waals surface area contributed by atoms with Crippen LogP contribution in [0.4, 0.5) is 10.5 Å². The lowest BCUT2D eigenvalue weighted by atomic mass is 9.88. The van der Waals surface area contributed by atoms with E-state index < -0.39 is 0 Å². The molecule has 1 atom stereocenters. The molecule has 0 radical (unpaired) electrons. The summed E-state index contributed by atoms with van der Waals surface area (Å²) in [5, 5.41) is 9.51. The van der Waals surface area contributed by atoms with Crippen LogP contribution in [0.15, 0.2) is 41.5 Å². The van der Waals surface area contributed by atoms with Crippen molar-refractivity contribution in [2.75, 3.05) is 38.8 Å². The summed E-state index contributed by atoms with van der Waals surface area (Å²) in [6.45, 7) is 5.98. The summed E-state index contributed by atoms with van der Waals surface area (Å²) in [6.07, 6.45) is 2.40. The number of hydrogen-bond acceptors (Lipinski definition) is 7. The van der Waals surface area contributed by atoms with Crippen LogP contribution >= 0.6 is 0 Å². The molecule has 1 N–H and O–H groups in total. The van der Waals surface area contributed by atoms with Crippen molar-refractivity contribution in [2.24, 2.45) is 5.10 Å². The van der Waals surface area contributed by atoms with Crippen LogP contribution in [0.1, 0.15) is 49.8 Å². The highest BCUT2D eigenvalue weighted by Gasteiger charge is 2.42. The molecule has 0 bridgehead atoms. The minimum Gasteiger partial charge on any atom is -0.493 e. The largest absolute Gasteiger partial charge is 0.493 e. The Morgan fingerprint density at radius 3 is 2.41 bits per heavy atom. The molecule has 0 aliphatic carbocycles. The Kier molecular flexibility index (Phi) is 6.70. The molecular formula is C28H34N4O5. The second-order valence-corrected chi connectivity index (χ2v) is 9.97. The third kappa shape index (κ3) is 4.70. The van der Waals surface area contributed by atoms with Crippen LogP contribution in [0, 0.1) is 0 Å². The number of nitrogens with zero attached hydrogens (tertiary/aromatic N) is 3. The van der Waals surface area contributed by atoms with Gasteiger partial charge in [-0.15, -0.1) is 0 Å². The van der Waals surface area contributed by atoms with Crippen molar-refractivity contribution in [1.29, 1.82) is 0 Å². The van der Waals surface area contributed by atoms with Gasteiger partial charge in [-0.25, -0.2) is 9.80 Å². The smallest absolute Gasteiger partial charge is 0.407 e. The van der Waals surface area contributed by atoms with Crippen molar-refractivity contribution in [2.45, 2.75) is 51.1 Å². The third-order valence-electron chi connectivity index (χ3n) is 7.64. The van der Waals surface area contributed by atoms with Crippen LogP contribution in [0.25, 0.3) is 0 Å². The molecule has 2 aromatic rings. The summed E-state index contributed by atoms with van der Waals surface area (Å²) in [7, 11) is 3.25. The molecule has 1 spiro atoms. The maximum Gasteiger partial charge on any atom is 0.407 e. The monoisotopic (exact) mass is 506 g/mol. The van der Waals surface area contributed by atoms with Crippen molar-refractivity contribution in [3.05, 3.63) is 53.1 Å². The lowest BCUT2D eigenvalue weighted by molar-refractivity contribution is -0.132. The summed E-state index contributed by atoms with van der Waals surface area (Å²) in [5.74, 6) is 1.27. The number of carbonyl (C=O) groups is 2. The molecule has 196 valence electrons. The molecule has 2 saturated heterocycles. The van der Waals surface area contributed by atoms with E-state index in [1.54, 1.807) is 19.2 Å². The molecule has 0 aromatic heterocycles. The number of rotatable bonds is 5. The van der Waals surface area contributed by atoms with Gasteiger partial charge in [0.1, 0.15) is 6.61 Å². The fourth-order valence-corrected chi connectivity index (χ4v) is 5.44. The molecule has 3 heterocycles. The summed E-state index contributed by atoms with van der Waals surface area (Å²) in [4.78, 5) is 26.7. The number of piperidine rings is 1. The first-order valence-corrected chi connectivity index (χ1v) is 12.8. The van der Waals surface area contributed by atoms with Crippen LogP contribution in [-0.4, -0.2) is 68.2 Å². The molecule has 0 saturated carbocycles. The zero-order chi connectivity index (χ0) is 26.2. The molecule has 5 rings (SSSR count). The Hall–Kier alpha value is -3.75. The van der Waals surface area contributed by atoms with Crippen LogP contribution < -0.4 is 19.7 Å². The van der Waals surface area contributed by atoms with E-state index in [2.05, 4.69) is 34.5 Å². The van der Waals surface area contributed by atoms with E-state index in [1.807, 2.05) is 26.0 Å². The van der Waals surface area contributed by atoms with Gasteiger partial charge in [0.15, 0.2) is 11.5 Å². The highest BCUT2D eigenvalue weighted by atomic mass is 16.6. The highest BCUT2D eigenvalue weighted by Crippen LogP contribution is 2.35. The van der Waals surface area contributed by atoms with Gasteiger partial charge in [-0.05, 0) is 56.0 Å². The number of carbonyl (C=O) groups excluding carboxylic acids is 2. The number of hydrogen-bond donors (Lipinski definition) is 1. The molecule has 37 heavy (non-hydrogen) atoms. The summed E-state index contributed by atoms with van der Waals surface area (Å²) in [6, 6.07) is 12.2. The predicted molar refractivity (Wildman–Crippen MR) is 141 cm³/mol. The number of alkyl carbamates (subject to hydrolysis) is 1. The number of ether oxygens (including phenoxy) is 3. The molecule has 9 heteroatoms. The van der Waals surface area contributed by atoms with Crippen LogP contribution in [0.3, 0.4) is 0 Å². The first-order chi connectivity index (χ1) is 17.9. The summed E-state index contributed by atoms with van der Waals surface area (Å²) >= 11 is 0. The van der Waals surface area contributed by atoms with Gasteiger partial charge in [0, 0.05) is 36.3 Å². The fourth-order valence-electron chi connectivity index (χ4n) is 5.44. The van der Waals surface area contributed by atoms with Gasteiger partial charge in [-0.3, -0.25) is 4.79 Å². The van der Waals surface area contributed by atoms with Crippen LogP contribution in [0.5, 0.6) is 11.5 Å². The quantitative estimate of drug-likeness (QED) is 0.665. The average molecular weight is 507 g/mol.